The molecule has 1 fully saturated rings. The van der Waals surface area contributed by atoms with Crippen LogP contribution in [0.5, 0.6) is 0 Å². The maximum Gasteiger partial charge on any atom is 0.0341 e. The van der Waals surface area contributed by atoms with Crippen LogP contribution >= 0.6 is 11.9 Å². The van der Waals surface area contributed by atoms with Crippen LogP contribution in [0.25, 0.3) is 0 Å². The van der Waals surface area contributed by atoms with Crippen LogP contribution in [0.2, 0.25) is 0 Å². The van der Waals surface area contributed by atoms with Crippen LogP contribution in [0.1, 0.15) is 5.56 Å². The standard InChI is InChI=1S/C10H14N2S/c11-10-7-12(13-8-10)6-9-4-2-1-3-5-9/h1-5,10H,6-8,11H2. The second-order valence-electron chi connectivity index (χ2n) is 3.36. The Bertz CT molecular complexity index is 263. The molecule has 2 rings (SSSR count). The quantitative estimate of drug-likeness (QED) is 0.723. The molecule has 13 heavy (non-hydrogen) atoms. The van der Waals surface area contributed by atoms with Gasteiger partial charge in [0.05, 0.1) is 0 Å². The molecule has 1 aromatic rings. The van der Waals surface area contributed by atoms with E-state index in [0.717, 1.165) is 18.8 Å². The first-order valence-electron chi connectivity index (χ1n) is 4.52. The van der Waals surface area contributed by atoms with Gasteiger partial charge in [-0.1, -0.05) is 42.3 Å². The van der Waals surface area contributed by atoms with Gasteiger partial charge in [0.25, 0.3) is 0 Å². The topological polar surface area (TPSA) is 29.3 Å². The normalized spacial score (nSPS) is 23.6. The summed E-state index contributed by atoms with van der Waals surface area (Å²) >= 11 is 1.85. The summed E-state index contributed by atoms with van der Waals surface area (Å²) in [6, 6.07) is 10.9. The average molecular weight is 194 g/mol. The van der Waals surface area contributed by atoms with Crippen molar-refractivity contribution in [2.45, 2.75) is 12.6 Å². The van der Waals surface area contributed by atoms with Crippen molar-refractivity contribution < 1.29 is 0 Å². The first-order chi connectivity index (χ1) is 6.34. The van der Waals surface area contributed by atoms with Crippen molar-refractivity contribution in [3.05, 3.63) is 35.9 Å². The highest BCUT2D eigenvalue weighted by atomic mass is 32.2. The number of nitrogens with zero attached hydrogens (tertiary/aromatic N) is 1. The molecule has 0 aliphatic carbocycles. The Kier molecular flexibility index (Phi) is 2.88. The number of hydrogen-bond donors (Lipinski definition) is 1. The minimum atomic E-state index is 0.355. The number of hydrogen-bond acceptors (Lipinski definition) is 3. The van der Waals surface area contributed by atoms with Crippen molar-refractivity contribution in [3.8, 4) is 0 Å². The lowest BCUT2D eigenvalue weighted by atomic mass is 10.2. The van der Waals surface area contributed by atoms with Gasteiger partial charge in [-0.3, -0.25) is 0 Å². The molecule has 2 N–H and O–H groups in total. The van der Waals surface area contributed by atoms with Crippen molar-refractivity contribution in [2.24, 2.45) is 5.73 Å². The molecule has 3 heteroatoms. The third-order valence-corrected chi connectivity index (χ3v) is 3.33. The van der Waals surface area contributed by atoms with E-state index in [0.29, 0.717) is 6.04 Å². The molecule has 0 amide bonds. The summed E-state index contributed by atoms with van der Waals surface area (Å²) in [5.74, 6) is 1.06. The predicted molar refractivity (Wildman–Crippen MR) is 57.3 cm³/mol. The van der Waals surface area contributed by atoms with E-state index in [-0.39, 0.29) is 0 Å². The van der Waals surface area contributed by atoms with Gasteiger partial charge in [-0.05, 0) is 5.56 Å². The molecule has 0 bridgehead atoms. The fourth-order valence-electron chi connectivity index (χ4n) is 1.47. The van der Waals surface area contributed by atoms with Crippen LogP contribution in [0, 0.1) is 0 Å². The summed E-state index contributed by atoms with van der Waals surface area (Å²) in [4.78, 5) is 0. The minimum absolute atomic E-state index is 0.355. The van der Waals surface area contributed by atoms with Crippen LogP contribution in [0.3, 0.4) is 0 Å². The highest BCUT2D eigenvalue weighted by molar-refractivity contribution is 7.97. The molecule has 1 aromatic carbocycles. The van der Waals surface area contributed by atoms with Crippen molar-refractivity contribution in [3.63, 3.8) is 0 Å². The minimum Gasteiger partial charge on any atom is -0.326 e. The molecule has 1 unspecified atom stereocenters. The lowest BCUT2D eigenvalue weighted by molar-refractivity contribution is 0.467. The molecule has 1 aliphatic rings. The molecule has 0 aromatic heterocycles. The largest absolute Gasteiger partial charge is 0.326 e. The Morgan fingerprint density at radius 1 is 1.38 bits per heavy atom. The average Bonchev–Trinajstić information content (AvgIpc) is 2.53. The number of benzene rings is 1. The second-order valence-corrected chi connectivity index (χ2v) is 4.47. The maximum absolute atomic E-state index is 5.82. The van der Waals surface area contributed by atoms with E-state index in [9.17, 15) is 0 Å². The van der Waals surface area contributed by atoms with Crippen LogP contribution in [0.4, 0.5) is 0 Å². The van der Waals surface area contributed by atoms with E-state index in [1.165, 1.54) is 5.56 Å². The van der Waals surface area contributed by atoms with Crippen molar-refractivity contribution in [2.75, 3.05) is 12.3 Å². The Balaban J connectivity index is 1.92. The lowest BCUT2D eigenvalue weighted by Crippen LogP contribution is -2.26. The summed E-state index contributed by atoms with van der Waals surface area (Å²) in [5, 5.41) is 0. The molecule has 2 nitrogen and oxygen atoms in total. The number of rotatable bonds is 2. The van der Waals surface area contributed by atoms with Crippen LogP contribution in [-0.4, -0.2) is 22.6 Å². The maximum atomic E-state index is 5.82. The fourth-order valence-corrected chi connectivity index (χ4v) is 2.51. The van der Waals surface area contributed by atoms with Crippen LogP contribution in [0.15, 0.2) is 30.3 Å². The third kappa shape index (κ3) is 2.46. The molecular weight excluding hydrogens is 180 g/mol. The molecule has 1 atom stereocenters. The zero-order valence-corrected chi connectivity index (χ0v) is 8.33. The Hall–Kier alpha value is -0.510. The van der Waals surface area contributed by atoms with E-state index in [2.05, 4.69) is 28.6 Å². The molecule has 0 saturated carbocycles. The van der Waals surface area contributed by atoms with Crippen molar-refractivity contribution in [1.29, 1.82) is 0 Å². The first-order valence-corrected chi connectivity index (χ1v) is 5.46. The summed E-state index contributed by atoms with van der Waals surface area (Å²) in [5.41, 5.74) is 7.18. The van der Waals surface area contributed by atoms with Gasteiger partial charge >= 0.3 is 0 Å². The van der Waals surface area contributed by atoms with Gasteiger partial charge in [0, 0.05) is 24.9 Å². The Morgan fingerprint density at radius 2 is 2.15 bits per heavy atom. The van der Waals surface area contributed by atoms with Crippen LogP contribution < -0.4 is 5.73 Å². The predicted octanol–water partition coefficient (Wildman–Crippen LogP) is 1.48. The van der Waals surface area contributed by atoms with Gasteiger partial charge < -0.3 is 5.73 Å². The van der Waals surface area contributed by atoms with Crippen molar-refractivity contribution >= 4 is 11.9 Å². The second kappa shape index (κ2) is 4.13. The van der Waals surface area contributed by atoms with Gasteiger partial charge in [0.1, 0.15) is 0 Å². The Labute approximate surface area is 83.2 Å². The van der Waals surface area contributed by atoms with Crippen molar-refractivity contribution in [1.82, 2.24) is 4.31 Å². The lowest BCUT2D eigenvalue weighted by Gasteiger charge is -2.13. The van der Waals surface area contributed by atoms with Gasteiger partial charge in [-0.2, -0.15) is 0 Å². The smallest absolute Gasteiger partial charge is 0.0341 e. The van der Waals surface area contributed by atoms with Gasteiger partial charge in [0.2, 0.25) is 0 Å². The fraction of sp³-hybridized carbons (Fsp3) is 0.400. The van der Waals surface area contributed by atoms with E-state index in [4.69, 9.17) is 5.73 Å². The summed E-state index contributed by atoms with van der Waals surface area (Å²) in [7, 11) is 0. The number of nitrogens with two attached hydrogens (primary N) is 1. The van der Waals surface area contributed by atoms with Gasteiger partial charge in [-0.15, -0.1) is 0 Å². The zero-order chi connectivity index (χ0) is 9.10. The summed E-state index contributed by atoms with van der Waals surface area (Å²) in [6.45, 7) is 2.03. The first kappa shape index (κ1) is 9.06. The molecular formula is C10H14N2S. The molecule has 1 aliphatic heterocycles. The SMILES string of the molecule is NC1CSN(Cc2ccccc2)C1. The Morgan fingerprint density at radius 3 is 2.77 bits per heavy atom. The summed E-state index contributed by atoms with van der Waals surface area (Å²) in [6.07, 6.45) is 0. The molecule has 1 saturated heterocycles. The summed E-state index contributed by atoms with van der Waals surface area (Å²) < 4.78 is 2.33. The third-order valence-electron chi connectivity index (χ3n) is 2.11. The van der Waals surface area contributed by atoms with Crippen LogP contribution in [-0.2, 0) is 6.54 Å². The van der Waals surface area contributed by atoms with Gasteiger partial charge in [-0.25, -0.2) is 4.31 Å². The van der Waals surface area contributed by atoms with E-state index in [1.807, 2.05) is 18.0 Å². The van der Waals surface area contributed by atoms with E-state index < -0.39 is 0 Å². The molecule has 0 spiro atoms. The highest BCUT2D eigenvalue weighted by Gasteiger charge is 2.19. The van der Waals surface area contributed by atoms with Gasteiger partial charge in [0.15, 0.2) is 0 Å². The van der Waals surface area contributed by atoms with E-state index >= 15 is 0 Å². The monoisotopic (exact) mass is 194 g/mol. The highest BCUT2D eigenvalue weighted by Crippen LogP contribution is 2.21. The zero-order valence-electron chi connectivity index (χ0n) is 7.52. The molecule has 1 heterocycles. The molecule has 70 valence electrons. The molecule has 0 radical (unpaired) electrons. The van der Waals surface area contributed by atoms with E-state index in [1.54, 1.807) is 0 Å².